The van der Waals surface area contributed by atoms with E-state index in [1.165, 1.54) is 0 Å². The lowest BCUT2D eigenvalue weighted by Gasteiger charge is -2.31. The molecule has 4 heterocycles. The van der Waals surface area contributed by atoms with Gasteiger partial charge in [0.15, 0.2) is 5.60 Å². The van der Waals surface area contributed by atoms with Gasteiger partial charge >= 0.3 is 0 Å². The second-order valence-corrected chi connectivity index (χ2v) is 18.1. The first-order valence-corrected chi connectivity index (χ1v) is 20.2. The summed E-state index contributed by atoms with van der Waals surface area (Å²) in [7, 11) is -3.30. The van der Waals surface area contributed by atoms with E-state index in [2.05, 4.69) is 26.2 Å². The molecule has 4 atom stereocenters. The second-order valence-electron chi connectivity index (χ2n) is 13.4. The van der Waals surface area contributed by atoms with Crippen molar-refractivity contribution in [1.29, 1.82) is 0 Å². The van der Waals surface area contributed by atoms with E-state index in [0.29, 0.717) is 38.0 Å². The zero-order chi connectivity index (χ0) is 32.6. The highest BCUT2D eigenvalue weighted by molar-refractivity contribution is 9.10. The molecule has 0 radical (unpaired) electrons. The Morgan fingerprint density at radius 2 is 1.87 bits per heavy atom. The predicted octanol–water partition coefficient (Wildman–Crippen LogP) is 6.28. The summed E-state index contributed by atoms with van der Waals surface area (Å²) in [5.74, 6) is -0.405. The van der Waals surface area contributed by atoms with Gasteiger partial charge in [-0.25, -0.2) is 0 Å². The molecule has 46 heavy (non-hydrogen) atoms. The van der Waals surface area contributed by atoms with Gasteiger partial charge in [-0.2, -0.15) is 0 Å². The number of hydrogen-bond donors (Lipinski definition) is 1. The Morgan fingerprint density at radius 3 is 2.61 bits per heavy atom. The number of hydrogen-bond acceptors (Lipinski definition) is 6. The maximum Gasteiger partial charge on any atom is 0.264 e. The Bertz CT molecular complexity index is 1580. The molecule has 0 bridgehead atoms. The summed E-state index contributed by atoms with van der Waals surface area (Å²) in [4.78, 5) is 31.2. The van der Waals surface area contributed by atoms with Crippen molar-refractivity contribution in [3.05, 3.63) is 70.0 Å². The zero-order valence-electron chi connectivity index (χ0n) is 26.8. The number of nitrogens with zero attached hydrogens (tertiary/aromatic N) is 5. The van der Waals surface area contributed by atoms with Crippen LogP contribution in [0.1, 0.15) is 62.3 Å². The molecule has 2 amide bonds. The number of aliphatic hydroxyl groups is 1. The van der Waals surface area contributed by atoms with Crippen molar-refractivity contribution in [1.82, 2.24) is 15.0 Å². The van der Waals surface area contributed by atoms with Gasteiger partial charge in [0.1, 0.15) is 0 Å². The summed E-state index contributed by atoms with van der Waals surface area (Å²) in [6, 6.07) is 13.7. The number of halogens is 2. The highest BCUT2D eigenvalue weighted by Crippen LogP contribution is 2.60. The number of aliphatic hydroxyl groups excluding tert-OH is 1. The normalized spacial score (nSPS) is 25.3. The molecule has 2 fully saturated rings. The van der Waals surface area contributed by atoms with E-state index < -0.39 is 31.6 Å². The van der Waals surface area contributed by atoms with Crippen LogP contribution in [0.5, 0.6) is 0 Å². The number of benzene rings is 2. The quantitative estimate of drug-likeness (QED) is 0.207. The minimum Gasteiger partial charge on any atom is -0.396 e. The van der Waals surface area contributed by atoms with Gasteiger partial charge in [-0.05, 0) is 68.3 Å². The van der Waals surface area contributed by atoms with Crippen LogP contribution in [0.25, 0.3) is 0 Å². The Balaban J connectivity index is 1.28. The SMILES string of the molecule is C[C@@H]1[C@@H]([Si](C)(C)F)[C@H](CCn2cc(CCO)nn2)O[C@@]12C(=O)N(Cc1ccc(N3CCCCCCC3=O)cc1)c1ccc(Br)cc12. The molecule has 6 rings (SSSR count). The van der Waals surface area contributed by atoms with Crippen LogP contribution in [0.3, 0.4) is 0 Å². The fourth-order valence-corrected chi connectivity index (χ4v) is 10.7. The molecule has 1 spiro atoms. The maximum atomic E-state index is 16.2. The van der Waals surface area contributed by atoms with E-state index in [1.807, 2.05) is 54.3 Å². The van der Waals surface area contributed by atoms with Crippen molar-refractivity contribution in [3.8, 4) is 0 Å². The molecule has 246 valence electrons. The van der Waals surface area contributed by atoms with Gasteiger partial charge < -0.3 is 23.8 Å². The fourth-order valence-electron chi connectivity index (χ4n) is 7.78. The molecule has 1 N–H and O–H groups in total. The lowest BCUT2D eigenvalue weighted by molar-refractivity contribution is -0.146. The molecule has 9 nitrogen and oxygen atoms in total. The van der Waals surface area contributed by atoms with E-state index >= 15 is 4.11 Å². The summed E-state index contributed by atoms with van der Waals surface area (Å²) in [6.07, 6.45) is 6.93. The van der Waals surface area contributed by atoms with E-state index in [-0.39, 0.29) is 18.4 Å². The van der Waals surface area contributed by atoms with Gasteiger partial charge in [0.2, 0.25) is 14.3 Å². The summed E-state index contributed by atoms with van der Waals surface area (Å²) in [6.45, 7) is 6.88. The number of amides is 2. The molecular weight excluding hydrogens is 669 g/mol. The van der Waals surface area contributed by atoms with E-state index in [9.17, 15) is 14.7 Å². The number of carbonyl (C=O) groups is 2. The molecule has 0 saturated carbocycles. The topological polar surface area (TPSA) is 101 Å². The Labute approximate surface area is 279 Å². The van der Waals surface area contributed by atoms with Crippen LogP contribution in [-0.4, -0.2) is 59.6 Å². The molecule has 1 aromatic heterocycles. The van der Waals surface area contributed by atoms with Gasteiger partial charge in [-0.15, -0.1) is 5.10 Å². The highest BCUT2D eigenvalue weighted by Gasteiger charge is 2.66. The van der Waals surface area contributed by atoms with Gasteiger partial charge in [0, 0.05) is 65.9 Å². The van der Waals surface area contributed by atoms with E-state index in [1.54, 1.807) is 28.9 Å². The highest BCUT2D eigenvalue weighted by atomic mass is 79.9. The third kappa shape index (κ3) is 6.21. The number of aryl methyl sites for hydroxylation is 1. The lowest BCUT2D eigenvalue weighted by atomic mass is 9.82. The van der Waals surface area contributed by atoms with Gasteiger partial charge in [0.05, 0.1) is 24.0 Å². The van der Waals surface area contributed by atoms with Crippen LogP contribution in [0.15, 0.2) is 53.1 Å². The molecule has 3 aliphatic rings. The molecule has 12 heteroatoms. The molecule has 2 aromatic carbocycles. The lowest BCUT2D eigenvalue weighted by Crippen LogP contribution is -2.45. The fraction of sp³-hybridized carbons (Fsp3) is 0.529. The summed E-state index contributed by atoms with van der Waals surface area (Å²) < 4.78 is 25.6. The molecule has 3 aromatic rings. The molecule has 0 aliphatic carbocycles. The molecular formula is C34H43BrFN5O4Si. The number of anilines is 2. The van der Waals surface area contributed by atoms with Crippen LogP contribution < -0.4 is 9.80 Å². The Kier molecular flexibility index (Phi) is 9.53. The number of ether oxygens (including phenoxy) is 1. The summed E-state index contributed by atoms with van der Waals surface area (Å²) in [5, 5.41) is 17.5. The first kappa shape index (κ1) is 33.0. The van der Waals surface area contributed by atoms with Crippen LogP contribution in [-0.2, 0) is 39.4 Å². The number of fused-ring (bicyclic) bond motifs is 2. The van der Waals surface area contributed by atoms with Crippen LogP contribution in [0.4, 0.5) is 15.5 Å². The number of carbonyl (C=O) groups excluding carboxylic acids is 2. The Hall–Kier alpha value is -2.93. The predicted molar refractivity (Wildman–Crippen MR) is 181 cm³/mol. The second kappa shape index (κ2) is 13.3. The van der Waals surface area contributed by atoms with Crippen molar-refractivity contribution in [2.45, 2.75) is 95.3 Å². The zero-order valence-corrected chi connectivity index (χ0v) is 29.4. The smallest absolute Gasteiger partial charge is 0.264 e. The van der Waals surface area contributed by atoms with Crippen molar-refractivity contribution < 1.29 is 23.5 Å². The number of rotatable bonds is 9. The van der Waals surface area contributed by atoms with E-state index in [4.69, 9.17) is 4.74 Å². The third-order valence-corrected chi connectivity index (χ3v) is 12.9. The summed E-state index contributed by atoms with van der Waals surface area (Å²) >= 11 is 3.61. The molecule has 2 saturated heterocycles. The molecule has 0 unspecified atom stereocenters. The minimum atomic E-state index is -3.30. The summed E-state index contributed by atoms with van der Waals surface area (Å²) in [5.41, 5.74) is 2.31. The van der Waals surface area contributed by atoms with Gasteiger partial charge in [0.25, 0.3) is 5.91 Å². The minimum absolute atomic E-state index is 0.00990. The number of aromatic nitrogens is 3. The van der Waals surface area contributed by atoms with Crippen LogP contribution in [0.2, 0.25) is 18.6 Å². The first-order chi connectivity index (χ1) is 22.0. The van der Waals surface area contributed by atoms with E-state index in [0.717, 1.165) is 59.2 Å². The van der Waals surface area contributed by atoms with Crippen molar-refractivity contribution >= 4 is 47.5 Å². The monoisotopic (exact) mass is 711 g/mol. The van der Waals surface area contributed by atoms with Crippen molar-refractivity contribution in [2.24, 2.45) is 5.92 Å². The van der Waals surface area contributed by atoms with Crippen LogP contribution >= 0.6 is 15.9 Å². The third-order valence-electron chi connectivity index (χ3n) is 9.93. The largest absolute Gasteiger partial charge is 0.396 e. The van der Waals surface area contributed by atoms with Crippen molar-refractivity contribution in [3.63, 3.8) is 0 Å². The Morgan fingerprint density at radius 1 is 1.11 bits per heavy atom. The van der Waals surface area contributed by atoms with Crippen molar-refractivity contribution in [2.75, 3.05) is 23.0 Å². The average molecular weight is 713 g/mol. The first-order valence-electron chi connectivity index (χ1n) is 16.4. The average Bonchev–Trinajstić information content (AvgIpc) is 3.65. The van der Waals surface area contributed by atoms with Crippen LogP contribution in [0, 0.1) is 5.92 Å². The maximum absolute atomic E-state index is 16.2. The standard InChI is InChI=1S/C34H43BrFN5O4Si/c1-23-32(46(2,3)36)30(15-18-39-22-26(16-19-42)37-38-39)45-34(23)28-20-25(35)11-14-29(28)41(33(34)44)21-24-9-12-27(13-10-24)40-17-7-5-4-6-8-31(40)43/h9-14,20,22-23,30,32,42H,4-8,15-19,21H2,1-3H3/t23-,30+,32-,34+/m1/s1. The molecule has 3 aliphatic heterocycles. The van der Waals surface area contributed by atoms with Gasteiger partial charge in [-0.3, -0.25) is 14.3 Å². The van der Waals surface area contributed by atoms with Gasteiger partial charge in [-0.1, -0.05) is 53.0 Å².